The molecule has 0 aromatic carbocycles. The van der Waals surface area contributed by atoms with Crippen LogP contribution < -0.4 is 5.32 Å². The van der Waals surface area contributed by atoms with Crippen LogP contribution >= 0.6 is 12.4 Å². The van der Waals surface area contributed by atoms with Crippen LogP contribution in [0.5, 0.6) is 0 Å². The third kappa shape index (κ3) is 3.89. The van der Waals surface area contributed by atoms with Gasteiger partial charge in [0, 0.05) is 11.8 Å². The van der Waals surface area contributed by atoms with Crippen molar-refractivity contribution < 1.29 is 9.63 Å². The molecule has 4 rings (SSSR count). The van der Waals surface area contributed by atoms with Crippen LogP contribution in [0.4, 0.5) is 0 Å². The minimum absolute atomic E-state index is 0. The molecule has 0 heterocycles. The number of rotatable bonds is 5. The molecule has 0 amide bonds. The highest BCUT2D eigenvalue weighted by atomic mass is 35.5. The summed E-state index contributed by atoms with van der Waals surface area (Å²) in [6, 6.07) is 0. The van der Waals surface area contributed by atoms with Crippen molar-refractivity contribution in [3.63, 3.8) is 0 Å². The molecule has 0 radical (unpaired) electrons. The van der Waals surface area contributed by atoms with E-state index in [-0.39, 0.29) is 17.8 Å². The molecule has 0 unspecified atom stereocenters. The molecule has 0 aromatic rings. The van der Waals surface area contributed by atoms with E-state index < -0.39 is 0 Å². The van der Waals surface area contributed by atoms with Gasteiger partial charge < -0.3 is 10.2 Å². The Labute approximate surface area is 183 Å². The molecular weight excluding hydrogens is 384 g/mol. The molecule has 4 nitrogen and oxygen atoms in total. The number of carbonyl (C=O) groups is 1. The molecule has 4 aliphatic carbocycles. The van der Waals surface area contributed by atoms with Crippen LogP contribution in [-0.4, -0.2) is 31.7 Å². The van der Waals surface area contributed by atoms with E-state index in [2.05, 4.69) is 31.2 Å². The molecule has 0 spiro atoms. The Morgan fingerprint density at radius 3 is 2.69 bits per heavy atom. The number of nitrogens with one attached hydrogen (secondary N) is 1. The normalized spacial score (nSPS) is 45.2. The van der Waals surface area contributed by atoms with E-state index in [1.54, 1.807) is 0 Å². The molecule has 0 saturated heterocycles. The molecule has 166 valence electrons. The van der Waals surface area contributed by atoms with Crippen LogP contribution in [0, 0.1) is 40.4 Å². The monoisotopic (exact) mass is 424 g/mol. The van der Waals surface area contributed by atoms with Crippen molar-refractivity contribution in [2.45, 2.75) is 78.6 Å². The van der Waals surface area contributed by atoms with Crippen molar-refractivity contribution in [1.29, 1.82) is 0 Å². The van der Waals surface area contributed by atoms with Crippen molar-refractivity contribution in [1.82, 2.24) is 5.32 Å². The maximum absolute atomic E-state index is 12.6. The van der Waals surface area contributed by atoms with E-state index in [1.165, 1.54) is 25.0 Å². The van der Waals surface area contributed by atoms with Crippen LogP contribution in [0.15, 0.2) is 5.16 Å². The van der Waals surface area contributed by atoms with Gasteiger partial charge in [0.1, 0.15) is 12.4 Å². The molecule has 4 aliphatic rings. The van der Waals surface area contributed by atoms with E-state index in [0.29, 0.717) is 23.7 Å². The second kappa shape index (κ2) is 8.86. The number of oxime groups is 1. The first-order valence-corrected chi connectivity index (χ1v) is 11.8. The highest BCUT2D eigenvalue weighted by Gasteiger charge is 2.61. The first-order valence-electron chi connectivity index (χ1n) is 11.8. The van der Waals surface area contributed by atoms with Gasteiger partial charge in [-0.3, -0.25) is 4.79 Å². The average molecular weight is 425 g/mol. The standard InChI is InChI=1S/C24H40N2O2.ClH/c1-16-14-18-19-6-7-22(27)24(19,3)11-9-20(18)23(2)10-8-17(15-21(16)23)26-28-13-5-12-25-4;/h16,18-21,25H,5-15H2,1-4H3;1H/b26-17+;/t16-,18-,19-,20-,21+,23+,24-;/m0./s1. The zero-order chi connectivity index (χ0) is 19.9. The lowest BCUT2D eigenvalue weighted by molar-refractivity contribution is -0.141. The van der Waals surface area contributed by atoms with E-state index >= 15 is 0 Å². The Balaban J connectivity index is 0.00000240. The summed E-state index contributed by atoms with van der Waals surface area (Å²) in [5, 5.41) is 7.69. The van der Waals surface area contributed by atoms with Gasteiger partial charge in [0.05, 0.1) is 5.71 Å². The molecule has 7 atom stereocenters. The lowest BCUT2D eigenvalue weighted by Gasteiger charge is -2.61. The number of halogens is 1. The molecule has 0 aliphatic heterocycles. The maximum atomic E-state index is 12.6. The van der Waals surface area contributed by atoms with Crippen LogP contribution in [0.3, 0.4) is 0 Å². The van der Waals surface area contributed by atoms with Gasteiger partial charge in [-0.1, -0.05) is 25.9 Å². The van der Waals surface area contributed by atoms with Gasteiger partial charge in [0.15, 0.2) is 0 Å². The Kier molecular flexibility index (Phi) is 7.05. The van der Waals surface area contributed by atoms with Crippen LogP contribution in [0.1, 0.15) is 78.6 Å². The number of hydrogen-bond donors (Lipinski definition) is 1. The Morgan fingerprint density at radius 2 is 1.93 bits per heavy atom. The fourth-order valence-corrected chi connectivity index (χ4v) is 7.83. The fraction of sp³-hybridized carbons (Fsp3) is 0.917. The molecular formula is C24H41ClN2O2. The van der Waals surface area contributed by atoms with Crippen LogP contribution in [-0.2, 0) is 9.63 Å². The topological polar surface area (TPSA) is 50.7 Å². The second-order valence-electron chi connectivity index (χ2n) is 10.8. The van der Waals surface area contributed by atoms with Gasteiger partial charge in [-0.15, -0.1) is 12.4 Å². The van der Waals surface area contributed by atoms with Crippen molar-refractivity contribution in [3.8, 4) is 0 Å². The zero-order valence-corrected chi connectivity index (χ0v) is 19.7. The first-order chi connectivity index (χ1) is 13.4. The summed E-state index contributed by atoms with van der Waals surface area (Å²) in [6.45, 7) is 9.03. The first kappa shape index (κ1) is 23.1. The van der Waals surface area contributed by atoms with Crippen LogP contribution in [0.25, 0.3) is 0 Å². The van der Waals surface area contributed by atoms with Crippen molar-refractivity contribution >= 4 is 23.9 Å². The third-order valence-corrected chi connectivity index (χ3v) is 9.43. The van der Waals surface area contributed by atoms with Crippen molar-refractivity contribution in [2.75, 3.05) is 20.2 Å². The van der Waals surface area contributed by atoms with E-state index in [1.807, 2.05) is 7.05 Å². The van der Waals surface area contributed by atoms with Crippen molar-refractivity contribution in [3.05, 3.63) is 0 Å². The molecule has 4 fully saturated rings. The van der Waals surface area contributed by atoms with Gasteiger partial charge in [-0.05, 0) is 100.0 Å². The SMILES string of the molecule is CNCCCO/N=C1\CC[C@@]2(C)[C@H](C1)[C@@H](C)C[C@@H]1[C@@H]2CC[C@]2(C)C(=O)CC[C@@H]12.Cl. The molecule has 0 bridgehead atoms. The summed E-state index contributed by atoms with van der Waals surface area (Å²) in [5.41, 5.74) is 1.70. The van der Waals surface area contributed by atoms with E-state index in [9.17, 15) is 4.79 Å². The maximum Gasteiger partial charge on any atom is 0.139 e. The van der Waals surface area contributed by atoms with E-state index in [4.69, 9.17) is 4.84 Å². The summed E-state index contributed by atoms with van der Waals surface area (Å²) < 4.78 is 0. The Hall–Kier alpha value is -0.610. The molecule has 0 aromatic heterocycles. The molecule has 29 heavy (non-hydrogen) atoms. The number of nitrogens with zero attached hydrogens (tertiary/aromatic N) is 1. The third-order valence-electron chi connectivity index (χ3n) is 9.43. The lowest BCUT2D eigenvalue weighted by Crippen LogP contribution is -2.56. The van der Waals surface area contributed by atoms with Gasteiger partial charge in [0.2, 0.25) is 0 Å². The smallest absolute Gasteiger partial charge is 0.139 e. The summed E-state index contributed by atoms with van der Waals surface area (Å²) >= 11 is 0. The quantitative estimate of drug-likeness (QED) is 0.484. The lowest BCUT2D eigenvalue weighted by atomic mass is 9.43. The molecule has 4 saturated carbocycles. The number of hydrogen-bond acceptors (Lipinski definition) is 4. The van der Waals surface area contributed by atoms with Gasteiger partial charge >= 0.3 is 0 Å². The molecule has 1 N–H and O–H groups in total. The fourth-order valence-electron chi connectivity index (χ4n) is 7.83. The predicted octanol–water partition coefficient (Wildman–Crippen LogP) is 5.25. The van der Waals surface area contributed by atoms with E-state index in [0.717, 1.165) is 68.7 Å². The van der Waals surface area contributed by atoms with Crippen molar-refractivity contribution in [2.24, 2.45) is 45.6 Å². The second-order valence-corrected chi connectivity index (χ2v) is 10.8. The minimum atomic E-state index is -0.00739. The number of fused-ring (bicyclic) bond motifs is 5. The highest BCUT2D eigenvalue weighted by Crippen LogP contribution is 2.66. The average Bonchev–Trinajstić information content (AvgIpc) is 2.98. The number of Topliss-reactive ketones (excluding diaryl/α,β-unsaturated/α-hetero) is 1. The van der Waals surface area contributed by atoms with Gasteiger partial charge in [0.25, 0.3) is 0 Å². The Morgan fingerprint density at radius 1 is 1.14 bits per heavy atom. The number of ketones is 1. The minimum Gasteiger partial charge on any atom is -0.396 e. The summed E-state index contributed by atoms with van der Waals surface area (Å²) in [5.74, 6) is 4.21. The summed E-state index contributed by atoms with van der Waals surface area (Å²) in [6.07, 6.45) is 10.2. The van der Waals surface area contributed by atoms with Crippen LogP contribution in [0.2, 0.25) is 0 Å². The van der Waals surface area contributed by atoms with Gasteiger partial charge in [-0.2, -0.15) is 0 Å². The highest BCUT2D eigenvalue weighted by molar-refractivity contribution is 5.87. The number of carbonyl (C=O) groups excluding carboxylic acids is 1. The zero-order valence-electron chi connectivity index (χ0n) is 18.8. The summed E-state index contributed by atoms with van der Waals surface area (Å²) in [7, 11) is 1.97. The summed E-state index contributed by atoms with van der Waals surface area (Å²) in [4.78, 5) is 18.2. The Bertz CT molecular complexity index is 638. The largest absolute Gasteiger partial charge is 0.396 e. The predicted molar refractivity (Wildman–Crippen MR) is 120 cm³/mol. The molecule has 5 heteroatoms. The van der Waals surface area contributed by atoms with Gasteiger partial charge in [-0.25, -0.2) is 0 Å².